The van der Waals surface area contributed by atoms with Crippen LogP contribution in [-0.2, 0) is 4.74 Å². The van der Waals surface area contributed by atoms with E-state index in [0.717, 1.165) is 36.5 Å². The molecule has 0 bridgehead atoms. The first-order valence-electron chi connectivity index (χ1n) is 11.0. The Hall–Kier alpha value is -1.76. The van der Waals surface area contributed by atoms with Crippen molar-refractivity contribution in [2.24, 2.45) is 17.8 Å². The lowest BCUT2D eigenvalue weighted by Gasteiger charge is -2.27. The van der Waals surface area contributed by atoms with E-state index in [0.29, 0.717) is 22.6 Å². The van der Waals surface area contributed by atoms with Gasteiger partial charge in [0, 0.05) is 67.4 Å². The molecule has 3 heterocycles. The number of nitrogens with one attached hydrogen (secondary N) is 1. The number of halogens is 2. The monoisotopic (exact) mass is 430 g/mol. The van der Waals surface area contributed by atoms with Crippen LogP contribution in [-0.4, -0.2) is 53.8 Å². The summed E-state index contributed by atoms with van der Waals surface area (Å²) in [5.74, 6) is 2.67. The van der Waals surface area contributed by atoms with Gasteiger partial charge in [0.1, 0.15) is 5.82 Å². The maximum absolute atomic E-state index is 13.5. The van der Waals surface area contributed by atoms with Gasteiger partial charge in [-0.25, -0.2) is 14.4 Å². The molecule has 30 heavy (non-hydrogen) atoms. The highest BCUT2D eigenvalue weighted by Crippen LogP contribution is 2.39. The van der Waals surface area contributed by atoms with Crippen LogP contribution in [0.4, 0.5) is 10.3 Å². The van der Waals surface area contributed by atoms with E-state index in [1.807, 2.05) is 0 Å². The zero-order valence-corrected chi connectivity index (χ0v) is 17.8. The molecule has 2 atom stereocenters. The minimum absolute atomic E-state index is 0.319. The maximum atomic E-state index is 13.5. The van der Waals surface area contributed by atoms with Gasteiger partial charge in [-0.3, -0.25) is 0 Å². The Morgan fingerprint density at radius 1 is 1.10 bits per heavy atom. The van der Waals surface area contributed by atoms with Crippen molar-refractivity contribution in [3.8, 4) is 11.1 Å². The standard InChI is InChI=1S/C23H28ClFN4O/c24-22-2-1-19(25)9-21(22)18-10-26-23(27-11-18)28-20-7-16-13-29(14-17(16)8-20)12-15-3-5-30-6-4-15/h1-2,9-11,15-17,20H,3-8,12-14H2,(H,26,27,28). The molecule has 0 radical (unpaired) electrons. The van der Waals surface area contributed by atoms with Crippen molar-refractivity contribution in [1.82, 2.24) is 14.9 Å². The van der Waals surface area contributed by atoms with Gasteiger partial charge in [-0.2, -0.15) is 0 Å². The third-order valence-corrected chi connectivity index (χ3v) is 7.24. The molecule has 5 nitrogen and oxygen atoms in total. The molecule has 5 rings (SSSR count). The van der Waals surface area contributed by atoms with Crippen molar-refractivity contribution in [1.29, 1.82) is 0 Å². The summed E-state index contributed by atoms with van der Waals surface area (Å²) >= 11 is 6.19. The minimum atomic E-state index is -0.319. The Balaban J connectivity index is 1.14. The van der Waals surface area contributed by atoms with Gasteiger partial charge in [-0.1, -0.05) is 11.6 Å². The lowest BCUT2D eigenvalue weighted by molar-refractivity contribution is 0.0545. The molecule has 3 aliphatic rings. The van der Waals surface area contributed by atoms with Gasteiger partial charge >= 0.3 is 0 Å². The molecule has 1 N–H and O–H groups in total. The lowest BCUT2D eigenvalue weighted by atomic mass is 10.00. The number of rotatable bonds is 5. The number of hydrogen-bond acceptors (Lipinski definition) is 5. The quantitative estimate of drug-likeness (QED) is 0.757. The summed E-state index contributed by atoms with van der Waals surface area (Å²) in [7, 11) is 0. The molecule has 3 fully saturated rings. The Labute approximate surface area is 182 Å². The van der Waals surface area contributed by atoms with Gasteiger partial charge in [0.05, 0.1) is 0 Å². The van der Waals surface area contributed by atoms with Gasteiger partial charge in [-0.15, -0.1) is 0 Å². The summed E-state index contributed by atoms with van der Waals surface area (Å²) in [5, 5.41) is 4.00. The van der Waals surface area contributed by atoms with Crippen molar-refractivity contribution in [2.75, 3.05) is 38.2 Å². The van der Waals surface area contributed by atoms with E-state index in [1.165, 1.54) is 57.5 Å². The highest BCUT2D eigenvalue weighted by molar-refractivity contribution is 6.33. The summed E-state index contributed by atoms with van der Waals surface area (Å²) in [4.78, 5) is 11.6. The smallest absolute Gasteiger partial charge is 0.222 e. The van der Waals surface area contributed by atoms with Crippen LogP contribution < -0.4 is 5.32 Å². The van der Waals surface area contributed by atoms with Crippen molar-refractivity contribution < 1.29 is 9.13 Å². The summed E-state index contributed by atoms with van der Waals surface area (Å²) in [6.45, 7) is 5.54. The number of hydrogen-bond donors (Lipinski definition) is 1. The molecular weight excluding hydrogens is 403 g/mol. The van der Waals surface area contributed by atoms with Crippen LogP contribution in [0, 0.1) is 23.6 Å². The molecule has 1 aromatic carbocycles. The number of fused-ring (bicyclic) bond motifs is 1. The predicted octanol–water partition coefficient (Wildman–Crippen LogP) is 4.49. The molecule has 2 aliphatic heterocycles. The second kappa shape index (κ2) is 8.77. The average Bonchev–Trinajstić information content (AvgIpc) is 3.29. The molecule has 7 heteroatoms. The molecule has 160 valence electrons. The molecule has 0 spiro atoms. The van der Waals surface area contributed by atoms with E-state index in [1.54, 1.807) is 18.5 Å². The van der Waals surface area contributed by atoms with Crippen molar-refractivity contribution in [3.63, 3.8) is 0 Å². The van der Waals surface area contributed by atoms with Gasteiger partial charge in [0.2, 0.25) is 5.95 Å². The topological polar surface area (TPSA) is 50.3 Å². The fraction of sp³-hybridized carbons (Fsp3) is 0.565. The first kappa shape index (κ1) is 20.2. The Kier molecular flexibility index (Phi) is 5.89. The molecule has 1 aromatic heterocycles. The highest BCUT2D eigenvalue weighted by atomic mass is 35.5. The fourth-order valence-corrected chi connectivity index (χ4v) is 5.63. The van der Waals surface area contributed by atoms with Crippen LogP contribution in [0.3, 0.4) is 0 Å². The predicted molar refractivity (Wildman–Crippen MR) is 116 cm³/mol. The fourth-order valence-electron chi connectivity index (χ4n) is 5.40. The normalized spacial score (nSPS) is 27.3. The minimum Gasteiger partial charge on any atom is -0.381 e. The van der Waals surface area contributed by atoms with Gasteiger partial charge in [-0.05, 0) is 61.6 Å². The van der Waals surface area contributed by atoms with E-state index in [-0.39, 0.29) is 5.82 Å². The average molecular weight is 431 g/mol. The third kappa shape index (κ3) is 4.46. The number of likely N-dealkylation sites (tertiary alicyclic amines) is 1. The van der Waals surface area contributed by atoms with Crippen molar-refractivity contribution in [2.45, 2.75) is 31.7 Å². The summed E-state index contributed by atoms with van der Waals surface area (Å²) < 4.78 is 19.0. The molecule has 0 amide bonds. The molecule has 2 aromatic rings. The summed E-state index contributed by atoms with van der Waals surface area (Å²) in [5.41, 5.74) is 1.33. The maximum Gasteiger partial charge on any atom is 0.222 e. The summed E-state index contributed by atoms with van der Waals surface area (Å²) in [6.07, 6.45) is 8.20. The zero-order valence-electron chi connectivity index (χ0n) is 17.1. The van der Waals surface area contributed by atoms with E-state index in [9.17, 15) is 4.39 Å². The first-order chi connectivity index (χ1) is 14.6. The number of ether oxygens (including phenoxy) is 1. The van der Waals surface area contributed by atoms with E-state index >= 15 is 0 Å². The van der Waals surface area contributed by atoms with Crippen LogP contribution in [0.2, 0.25) is 5.02 Å². The number of benzene rings is 1. The lowest BCUT2D eigenvalue weighted by Crippen LogP contribution is -2.32. The Bertz CT molecular complexity index is 860. The third-order valence-electron chi connectivity index (χ3n) is 6.91. The molecular formula is C23H28ClFN4O. The number of anilines is 1. The van der Waals surface area contributed by atoms with Crippen LogP contribution in [0.15, 0.2) is 30.6 Å². The second-order valence-corrected chi connectivity index (χ2v) is 9.43. The largest absolute Gasteiger partial charge is 0.381 e. The van der Waals surface area contributed by atoms with E-state index < -0.39 is 0 Å². The molecule has 2 saturated heterocycles. The highest BCUT2D eigenvalue weighted by Gasteiger charge is 2.41. The Morgan fingerprint density at radius 3 is 2.50 bits per heavy atom. The molecule has 1 saturated carbocycles. The van der Waals surface area contributed by atoms with Crippen LogP contribution in [0.1, 0.15) is 25.7 Å². The van der Waals surface area contributed by atoms with E-state index in [2.05, 4.69) is 20.2 Å². The zero-order chi connectivity index (χ0) is 20.5. The Morgan fingerprint density at radius 2 is 1.80 bits per heavy atom. The van der Waals surface area contributed by atoms with Crippen LogP contribution in [0.25, 0.3) is 11.1 Å². The SMILES string of the molecule is Fc1ccc(Cl)c(-c2cnc(NC3CC4CN(CC5CCOCC5)CC4C3)nc2)c1. The van der Waals surface area contributed by atoms with Gasteiger partial charge in [0.25, 0.3) is 0 Å². The van der Waals surface area contributed by atoms with Crippen molar-refractivity contribution >= 4 is 17.5 Å². The number of nitrogens with zero attached hydrogens (tertiary/aromatic N) is 3. The number of aromatic nitrogens is 2. The summed E-state index contributed by atoms with van der Waals surface area (Å²) in [6, 6.07) is 4.75. The van der Waals surface area contributed by atoms with Crippen LogP contribution in [0.5, 0.6) is 0 Å². The molecule has 2 unspecified atom stereocenters. The van der Waals surface area contributed by atoms with E-state index in [4.69, 9.17) is 16.3 Å². The molecule has 1 aliphatic carbocycles. The second-order valence-electron chi connectivity index (χ2n) is 9.03. The van der Waals surface area contributed by atoms with Crippen LogP contribution >= 0.6 is 11.6 Å². The van der Waals surface area contributed by atoms with Crippen molar-refractivity contribution in [3.05, 3.63) is 41.4 Å². The van der Waals surface area contributed by atoms with Gasteiger partial charge in [0.15, 0.2) is 0 Å². The first-order valence-corrected chi connectivity index (χ1v) is 11.4. The van der Waals surface area contributed by atoms with Gasteiger partial charge < -0.3 is 15.0 Å².